The van der Waals surface area contributed by atoms with Gasteiger partial charge in [-0.15, -0.1) is 0 Å². The molecule has 0 spiro atoms. The van der Waals surface area contributed by atoms with Gasteiger partial charge in [0, 0.05) is 25.5 Å². The van der Waals surface area contributed by atoms with Gasteiger partial charge in [0.2, 0.25) is 5.95 Å². The van der Waals surface area contributed by atoms with Crippen molar-refractivity contribution in [3.05, 3.63) is 34.3 Å². The highest BCUT2D eigenvalue weighted by atomic mass is 79.9. The monoisotopic (exact) mass is 383 g/mol. The number of nitrogens with zero attached hydrogens (tertiary/aromatic N) is 5. The first-order valence-electron chi connectivity index (χ1n) is 7.03. The molecular formula is C14H15BrClN5O. The van der Waals surface area contributed by atoms with E-state index in [2.05, 4.69) is 40.8 Å². The Morgan fingerprint density at radius 1 is 1.09 bits per heavy atom. The molecule has 2 aromatic rings. The third kappa shape index (κ3) is 4.04. The molecule has 0 N–H and O–H groups in total. The van der Waals surface area contributed by atoms with Gasteiger partial charge in [0.05, 0.1) is 28.5 Å². The van der Waals surface area contributed by atoms with Gasteiger partial charge in [-0.2, -0.15) is 0 Å². The highest BCUT2D eigenvalue weighted by Crippen LogP contribution is 2.21. The van der Waals surface area contributed by atoms with Crippen molar-refractivity contribution < 1.29 is 4.74 Å². The van der Waals surface area contributed by atoms with Crippen LogP contribution in [-0.2, 0) is 0 Å². The molecule has 0 bridgehead atoms. The second kappa shape index (κ2) is 7.19. The molecule has 0 radical (unpaired) electrons. The molecule has 3 rings (SSSR count). The Morgan fingerprint density at radius 3 is 2.36 bits per heavy atom. The zero-order valence-electron chi connectivity index (χ0n) is 11.8. The lowest BCUT2D eigenvalue weighted by molar-refractivity contribution is 0.208. The van der Waals surface area contributed by atoms with Crippen LogP contribution < -0.4 is 9.64 Å². The Kier molecular flexibility index (Phi) is 5.04. The standard InChI is InChI=1S/C14H15BrClN5O/c15-11-5-19-14(20-6-11)22-9-10-1-3-21(4-2-10)13-17-7-12(16)8-18-13/h5-8,10H,1-4,9H2. The van der Waals surface area contributed by atoms with E-state index in [1.54, 1.807) is 24.8 Å². The molecule has 8 heteroatoms. The summed E-state index contributed by atoms with van der Waals surface area (Å²) in [7, 11) is 0. The predicted octanol–water partition coefficient (Wildman–Crippen LogP) is 2.98. The minimum Gasteiger partial charge on any atom is -0.463 e. The molecule has 0 atom stereocenters. The zero-order chi connectivity index (χ0) is 15.4. The summed E-state index contributed by atoms with van der Waals surface area (Å²) in [6, 6.07) is 0.423. The van der Waals surface area contributed by atoms with Crippen LogP contribution in [0.3, 0.4) is 0 Å². The van der Waals surface area contributed by atoms with Gasteiger partial charge >= 0.3 is 6.01 Å². The molecule has 2 aromatic heterocycles. The minimum absolute atomic E-state index is 0.423. The second-order valence-electron chi connectivity index (χ2n) is 5.13. The first kappa shape index (κ1) is 15.4. The average molecular weight is 385 g/mol. The summed E-state index contributed by atoms with van der Waals surface area (Å²) in [6.07, 6.45) is 8.69. The van der Waals surface area contributed by atoms with Gasteiger partial charge in [0.25, 0.3) is 0 Å². The van der Waals surface area contributed by atoms with Crippen LogP contribution in [0.15, 0.2) is 29.3 Å². The first-order chi connectivity index (χ1) is 10.7. The summed E-state index contributed by atoms with van der Waals surface area (Å²) in [5.41, 5.74) is 0. The van der Waals surface area contributed by atoms with Crippen molar-refractivity contribution in [1.82, 2.24) is 19.9 Å². The summed E-state index contributed by atoms with van der Waals surface area (Å²) in [5.74, 6) is 1.23. The molecule has 116 valence electrons. The van der Waals surface area contributed by atoms with Crippen LogP contribution in [0.4, 0.5) is 5.95 Å². The van der Waals surface area contributed by atoms with Crippen molar-refractivity contribution in [3.8, 4) is 6.01 Å². The van der Waals surface area contributed by atoms with Crippen LogP contribution in [0, 0.1) is 5.92 Å². The SMILES string of the molecule is Clc1cnc(N2CCC(COc3ncc(Br)cn3)CC2)nc1. The summed E-state index contributed by atoms with van der Waals surface area (Å²) in [5, 5.41) is 0.557. The lowest BCUT2D eigenvalue weighted by Crippen LogP contribution is -2.36. The number of aromatic nitrogens is 4. The van der Waals surface area contributed by atoms with Crippen molar-refractivity contribution in [1.29, 1.82) is 0 Å². The molecule has 6 nitrogen and oxygen atoms in total. The smallest absolute Gasteiger partial charge is 0.316 e. The van der Waals surface area contributed by atoms with E-state index in [9.17, 15) is 0 Å². The van der Waals surface area contributed by atoms with E-state index in [0.29, 0.717) is 23.6 Å². The van der Waals surface area contributed by atoms with E-state index in [-0.39, 0.29) is 0 Å². The Bertz CT molecular complexity index is 602. The summed E-state index contributed by atoms with van der Waals surface area (Å²) >= 11 is 9.11. The largest absolute Gasteiger partial charge is 0.463 e. The molecule has 1 saturated heterocycles. The highest BCUT2D eigenvalue weighted by molar-refractivity contribution is 9.10. The maximum atomic E-state index is 5.81. The molecule has 0 amide bonds. The number of ether oxygens (including phenoxy) is 1. The van der Waals surface area contributed by atoms with Crippen molar-refractivity contribution in [2.45, 2.75) is 12.8 Å². The van der Waals surface area contributed by atoms with Gasteiger partial charge < -0.3 is 9.64 Å². The third-order valence-corrected chi connectivity index (χ3v) is 4.15. The van der Waals surface area contributed by atoms with E-state index in [1.165, 1.54) is 0 Å². The maximum Gasteiger partial charge on any atom is 0.316 e. The molecule has 0 aliphatic carbocycles. The topological polar surface area (TPSA) is 64.0 Å². The molecule has 0 unspecified atom stereocenters. The fourth-order valence-corrected chi connectivity index (χ4v) is 2.64. The van der Waals surface area contributed by atoms with Crippen molar-refractivity contribution in [3.63, 3.8) is 0 Å². The summed E-state index contributed by atoms with van der Waals surface area (Å²) < 4.78 is 6.49. The second-order valence-corrected chi connectivity index (χ2v) is 6.48. The van der Waals surface area contributed by atoms with Gasteiger partial charge in [0.15, 0.2) is 0 Å². The Morgan fingerprint density at radius 2 is 1.73 bits per heavy atom. The van der Waals surface area contributed by atoms with Gasteiger partial charge in [-0.1, -0.05) is 11.6 Å². The number of piperidine rings is 1. The maximum absolute atomic E-state index is 5.81. The van der Waals surface area contributed by atoms with Crippen LogP contribution in [0.25, 0.3) is 0 Å². The van der Waals surface area contributed by atoms with E-state index in [4.69, 9.17) is 16.3 Å². The third-order valence-electron chi connectivity index (χ3n) is 3.55. The van der Waals surface area contributed by atoms with Crippen LogP contribution in [0.1, 0.15) is 12.8 Å². The van der Waals surface area contributed by atoms with Gasteiger partial charge in [0.1, 0.15) is 0 Å². The van der Waals surface area contributed by atoms with E-state index in [1.807, 2.05) is 0 Å². The number of hydrogen-bond donors (Lipinski definition) is 0. The van der Waals surface area contributed by atoms with Crippen LogP contribution in [-0.4, -0.2) is 39.6 Å². The molecule has 1 aliphatic rings. The Labute approximate surface area is 142 Å². The van der Waals surface area contributed by atoms with E-state index in [0.717, 1.165) is 36.4 Å². The molecule has 0 saturated carbocycles. The van der Waals surface area contributed by atoms with Crippen LogP contribution >= 0.6 is 27.5 Å². The summed E-state index contributed by atoms with van der Waals surface area (Å²) in [6.45, 7) is 2.46. The van der Waals surface area contributed by atoms with Crippen molar-refractivity contribution in [2.75, 3.05) is 24.6 Å². The van der Waals surface area contributed by atoms with E-state index >= 15 is 0 Å². The highest BCUT2D eigenvalue weighted by Gasteiger charge is 2.21. The van der Waals surface area contributed by atoms with Crippen LogP contribution in [0.5, 0.6) is 6.01 Å². The quantitative estimate of drug-likeness (QED) is 0.807. The van der Waals surface area contributed by atoms with E-state index < -0.39 is 0 Å². The molecular weight excluding hydrogens is 370 g/mol. The number of rotatable bonds is 4. The number of hydrogen-bond acceptors (Lipinski definition) is 6. The fourth-order valence-electron chi connectivity index (χ4n) is 2.34. The first-order valence-corrected chi connectivity index (χ1v) is 8.20. The molecule has 1 aliphatic heterocycles. The Balaban J connectivity index is 1.47. The average Bonchev–Trinajstić information content (AvgIpc) is 2.56. The molecule has 1 fully saturated rings. The molecule has 0 aromatic carbocycles. The van der Waals surface area contributed by atoms with Crippen molar-refractivity contribution >= 4 is 33.5 Å². The Hall–Kier alpha value is -1.47. The lowest BCUT2D eigenvalue weighted by atomic mass is 9.98. The summed E-state index contributed by atoms with van der Waals surface area (Å²) in [4.78, 5) is 18.9. The number of halogens is 2. The zero-order valence-corrected chi connectivity index (χ0v) is 14.2. The predicted molar refractivity (Wildman–Crippen MR) is 87.2 cm³/mol. The lowest BCUT2D eigenvalue weighted by Gasteiger charge is -2.31. The normalized spacial score (nSPS) is 15.8. The van der Waals surface area contributed by atoms with Gasteiger partial charge in [-0.3, -0.25) is 0 Å². The van der Waals surface area contributed by atoms with Crippen LogP contribution in [0.2, 0.25) is 5.02 Å². The van der Waals surface area contributed by atoms with Gasteiger partial charge in [-0.25, -0.2) is 19.9 Å². The molecule has 22 heavy (non-hydrogen) atoms. The number of anilines is 1. The fraction of sp³-hybridized carbons (Fsp3) is 0.429. The minimum atomic E-state index is 0.423. The van der Waals surface area contributed by atoms with Crippen molar-refractivity contribution in [2.24, 2.45) is 5.92 Å². The van der Waals surface area contributed by atoms with Gasteiger partial charge in [-0.05, 0) is 34.7 Å². The molecule has 3 heterocycles.